The smallest absolute Gasteiger partial charge is 0.233 e. The second kappa shape index (κ2) is 9.86. The summed E-state index contributed by atoms with van der Waals surface area (Å²) in [5.74, 6) is 0.460. The molecule has 0 aliphatic carbocycles. The Balaban J connectivity index is 1.90. The monoisotopic (exact) mass is 359 g/mol. The fourth-order valence-electron chi connectivity index (χ4n) is 2.31. The van der Waals surface area contributed by atoms with Gasteiger partial charge < -0.3 is 15.2 Å². The number of ether oxygens (including phenoxy) is 1. The number of rotatable bonds is 9. The molecule has 0 fully saturated rings. The van der Waals surface area contributed by atoms with Gasteiger partial charge in [0.1, 0.15) is 18.5 Å². The number of benzene rings is 2. The van der Waals surface area contributed by atoms with E-state index in [-0.39, 0.29) is 12.5 Å². The molecule has 0 heterocycles. The highest BCUT2D eigenvalue weighted by atomic mass is 32.2. The Hall–Kier alpha value is -2.31. The lowest BCUT2D eigenvalue weighted by molar-refractivity contribution is -0.120. The van der Waals surface area contributed by atoms with Crippen LogP contribution in [0.15, 0.2) is 54.6 Å². The molecule has 0 aliphatic heterocycles. The molecule has 6 heteroatoms. The number of hydrogen-bond acceptors (Lipinski definition) is 5. The standard InChI is InChI=1S/C19H21NO4S/c1-20-19(23)18(25-13-21)11-14-7-9-16(10-8-14)24-12-17(22)15-5-3-2-4-6-15/h2-10,13,17-18,22H,11-12H2,1H3,(H,20,23)/t17-,18?/m1/s1. The summed E-state index contributed by atoms with van der Waals surface area (Å²) in [6, 6.07) is 16.6. The minimum Gasteiger partial charge on any atom is -0.491 e. The second-order valence-corrected chi connectivity index (χ2v) is 6.45. The maximum Gasteiger partial charge on any atom is 0.233 e. The van der Waals surface area contributed by atoms with E-state index in [9.17, 15) is 14.7 Å². The van der Waals surface area contributed by atoms with Crippen LogP contribution in [0.1, 0.15) is 17.2 Å². The van der Waals surface area contributed by atoms with Gasteiger partial charge in [0, 0.05) is 7.05 Å². The molecular formula is C19H21NO4S. The molecule has 0 bridgehead atoms. The Bertz CT molecular complexity index is 676. The summed E-state index contributed by atoms with van der Waals surface area (Å²) in [5, 5.41) is 12.2. The topological polar surface area (TPSA) is 75.6 Å². The van der Waals surface area contributed by atoms with Gasteiger partial charge in [-0.1, -0.05) is 54.2 Å². The molecule has 5 nitrogen and oxygen atoms in total. The van der Waals surface area contributed by atoms with Crippen molar-refractivity contribution in [3.05, 3.63) is 65.7 Å². The predicted octanol–water partition coefficient (Wildman–Crippen LogP) is 2.38. The zero-order valence-corrected chi connectivity index (χ0v) is 14.7. The maximum absolute atomic E-state index is 11.7. The predicted molar refractivity (Wildman–Crippen MR) is 99.2 cm³/mol. The van der Waals surface area contributed by atoms with Gasteiger partial charge in [-0.3, -0.25) is 9.59 Å². The van der Waals surface area contributed by atoms with Crippen molar-refractivity contribution < 1.29 is 19.4 Å². The quantitative estimate of drug-likeness (QED) is 0.673. The summed E-state index contributed by atoms with van der Waals surface area (Å²) < 4.78 is 5.61. The third kappa shape index (κ3) is 5.92. The van der Waals surface area contributed by atoms with E-state index in [1.54, 1.807) is 19.2 Å². The number of carbonyl (C=O) groups excluding carboxylic acids is 2. The molecule has 2 aromatic carbocycles. The number of thioether (sulfide) groups is 1. The van der Waals surface area contributed by atoms with Crippen molar-refractivity contribution in [1.29, 1.82) is 0 Å². The maximum atomic E-state index is 11.7. The van der Waals surface area contributed by atoms with Crippen molar-refractivity contribution >= 4 is 23.3 Å². The number of amides is 1. The summed E-state index contributed by atoms with van der Waals surface area (Å²) in [4.78, 5) is 22.4. The normalized spacial score (nSPS) is 12.9. The van der Waals surface area contributed by atoms with E-state index in [1.807, 2.05) is 42.5 Å². The molecule has 0 radical (unpaired) electrons. The zero-order chi connectivity index (χ0) is 18.1. The Morgan fingerprint density at radius 3 is 2.48 bits per heavy atom. The van der Waals surface area contributed by atoms with Crippen LogP contribution in [0.4, 0.5) is 0 Å². The van der Waals surface area contributed by atoms with Gasteiger partial charge >= 0.3 is 0 Å². The first-order valence-corrected chi connectivity index (χ1v) is 8.83. The van der Waals surface area contributed by atoms with E-state index < -0.39 is 11.4 Å². The number of hydrogen-bond donors (Lipinski definition) is 2. The minimum atomic E-state index is -0.692. The van der Waals surface area contributed by atoms with Crippen LogP contribution >= 0.6 is 11.8 Å². The van der Waals surface area contributed by atoms with Crippen molar-refractivity contribution in [3.8, 4) is 5.75 Å². The summed E-state index contributed by atoms with van der Waals surface area (Å²) in [6.45, 7) is 0.158. The average molecular weight is 359 g/mol. The van der Waals surface area contributed by atoms with Crippen molar-refractivity contribution in [2.45, 2.75) is 17.8 Å². The van der Waals surface area contributed by atoms with Crippen LogP contribution in [0.25, 0.3) is 0 Å². The molecule has 2 rings (SSSR count). The Kier molecular flexibility index (Phi) is 7.50. The highest BCUT2D eigenvalue weighted by Gasteiger charge is 2.18. The van der Waals surface area contributed by atoms with E-state index in [2.05, 4.69) is 5.32 Å². The van der Waals surface area contributed by atoms with Gasteiger partial charge in [-0.05, 0) is 29.7 Å². The molecule has 0 saturated carbocycles. The van der Waals surface area contributed by atoms with Crippen LogP contribution in [-0.2, 0) is 16.0 Å². The highest BCUT2D eigenvalue weighted by molar-refractivity contribution is 8.13. The SMILES string of the molecule is CNC(=O)C(Cc1ccc(OC[C@@H](O)c2ccccc2)cc1)SC=O. The van der Waals surface area contributed by atoms with Crippen LogP contribution in [0.3, 0.4) is 0 Å². The Labute approximate surface area is 151 Å². The lowest BCUT2D eigenvalue weighted by atomic mass is 10.1. The number of carbonyl (C=O) groups is 2. The summed E-state index contributed by atoms with van der Waals surface area (Å²) >= 11 is 0.963. The second-order valence-electron chi connectivity index (χ2n) is 5.42. The molecule has 132 valence electrons. The fraction of sp³-hybridized carbons (Fsp3) is 0.263. The van der Waals surface area contributed by atoms with Gasteiger partial charge in [0.15, 0.2) is 5.62 Å². The van der Waals surface area contributed by atoms with E-state index in [0.717, 1.165) is 22.9 Å². The minimum absolute atomic E-state index is 0.158. The van der Waals surface area contributed by atoms with Crippen LogP contribution in [0.2, 0.25) is 0 Å². The van der Waals surface area contributed by atoms with Crippen molar-refractivity contribution in [2.24, 2.45) is 0 Å². The van der Waals surface area contributed by atoms with Crippen molar-refractivity contribution in [1.82, 2.24) is 5.32 Å². The Morgan fingerprint density at radius 2 is 1.88 bits per heavy atom. The van der Waals surface area contributed by atoms with Gasteiger partial charge in [-0.2, -0.15) is 0 Å². The van der Waals surface area contributed by atoms with Gasteiger partial charge in [-0.25, -0.2) is 0 Å². The van der Waals surface area contributed by atoms with Crippen molar-refractivity contribution in [3.63, 3.8) is 0 Å². The zero-order valence-electron chi connectivity index (χ0n) is 13.9. The molecule has 2 atom stereocenters. The highest BCUT2D eigenvalue weighted by Crippen LogP contribution is 2.20. The number of aliphatic hydroxyl groups excluding tert-OH is 1. The van der Waals surface area contributed by atoms with Crippen LogP contribution < -0.4 is 10.1 Å². The van der Waals surface area contributed by atoms with Gasteiger partial charge in [0.05, 0.1) is 5.25 Å². The molecular weight excluding hydrogens is 338 g/mol. The van der Waals surface area contributed by atoms with E-state index >= 15 is 0 Å². The van der Waals surface area contributed by atoms with Crippen LogP contribution in [-0.4, -0.2) is 35.5 Å². The first kappa shape index (κ1) is 19.0. The fourth-order valence-corrected chi connectivity index (χ4v) is 2.98. The molecule has 1 unspecified atom stereocenters. The third-order valence-electron chi connectivity index (χ3n) is 3.70. The number of nitrogens with one attached hydrogen (secondary N) is 1. The molecule has 0 spiro atoms. The largest absolute Gasteiger partial charge is 0.491 e. The van der Waals surface area contributed by atoms with E-state index in [4.69, 9.17) is 4.74 Å². The van der Waals surface area contributed by atoms with Crippen molar-refractivity contribution in [2.75, 3.05) is 13.7 Å². The molecule has 0 aromatic heterocycles. The molecule has 1 amide bonds. The molecule has 2 aromatic rings. The molecule has 2 N–H and O–H groups in total. The molecule has 25 heavy (non-hydrogen) atoms. The van der Waals surface area contributed by atoms with Gasteiger partial charge in [0.25, 0.3) is 0 Å². The van der Waals surface area contributed by atoms with Crippen LogP contribution in [0.5, 0.6) is 5.75 Å². The lowest BCUT2D eigenvalue weighted by Gasteiger charge is -2.14. The molecule has 0 saturated heterocycles. The first-order valence-electron chi connectivity index (χ1n) is 7.89. The van der Waals surface area contributed by atoms with E-state index in [1.165, 1.54) is 0 Å². The van der Waals surface area contributed by atoms with Gasteiger partial charge in [0.2, 0.25) is 5.91 Å². The van der Waals surface area contributed by atoms with Crippen LogP contribution in [0, 0.1) is 0 Å². The lowest BCUT2D eigenvalue weighted by Crippen LogP contribution is -2.31. The third-order valence-corrected chi connectivity index (χ3v) is 4.52. The van der Waals surface area contributed by atoms with Gasteiger partial charge in [-0.15, -0.1) is 0 Å². The Morgan fingerprint density at radius 1 is 1.20 bits per heavy atom. The summed E-state index contributed by atoms with van der Waals surface area (Å²) in [6.07, 6.45) is -0.238. The number of aliphatic hydroxyl groups is 1. The first-order chi connectivity index (χ1) is 12.1. The summed E-state index contributed by atoms with van der Waals surface area (Å²) in [7, 11) is 1.55. The molecule has 0 aliphatic rings. The van der Waals surface area contributed by atoms with E-state index in [0.29, 0.717) is 17.8 Å². The average Bonchev–Trinajstić information content (AvgIpc) is 2.66. The summed E-state index contributed by atoms with van der Waals surface area (Å²) in [5.41, 5.74) is 2.42.